The van der Waals surface area contributed by atoms with Gasteiger partial charge in [0.1, 0.15) is 12.4 Å². The monoisotopic (exact) mass is 290 g/mol. The van der Waals surface area contributed by atoms with Gasteiger partial charge in [-0.3, -0.25) is 4.90 Å². The molecule has 1 saturated heterocycles. The van der Waals surface area contributed by atoms with Crippen molar-refractivity contribution in [1.82, 2.24) is 4.90 Å². The summed E-state index contributed by atoms with van der Waals surface area (Å²) < 4.78 is 5.94. The molecule has 1 heterocycles. The largest absolute Gasteiger partial charge is 0.492 e. The van der Waals surface area contributed by atoms with E-state index in [9.17, 15) is 0 Å². The molecular formula is C18H30N2O. The van der Waals surface area contributed by atoms with Crippen LogP contribution in [0.3, 0.4) is 0 Å². The first kappa shape index (κ1) is 16.3. The summed E-state index contributed by atoms with van der Waals surface area (Å²) in [6, 6.07) is 8.95. The van der Waals surface area contributed by atoms with Gasteiger partial charge in [-0.25, -0.2) is 0 Å². The standard InChI is InChI=1S/C18H30N2O/c1-14(20-10-9-15(11-19)12-20)13-21-17-7-5-16(6-8-17)18(2,3)4/h5-8,14-15H,9-13,19H2,1-4H3. The molecule has 3 heteroatoms. The Hall–Kier alpha value is -1.06. The zero-order valence-corrected chi connectivity index (χ0v) is 13.9. The predicted molar refractivity (Wildman–Crippen MR) is 88.8 cm³/mol. The highest BCUT2D eigenvalue weighted by atomic mass is 16.5. The lowest BCUT2D eigenvalue weighted by atomic mass is 9.87. The lowest BCUT2D eigenvalue weighted by Gasteiger charge is -2.24. The third kappa shape index (κ3) is 4.45. The quantitative estimate of drug-likeness (QED) is 0.906. The van der Waals surface area contributed by atoms with Crippen LogP contribution in [-0.2, 0) is 5.41 Å². The summed E-state index contributed by atoms with van der Waals surface area (Å²) in [7, 11) is 0. The zero-order chi connectivity index (χ0) is 15.5. The van der Waals surface area contributed by atoms with Gasteiger partial charge in [0.25, 0.3) is 0 Å². The number of ether oxygens (including phenoxy) is 1. The van der Waals surface area contributed by atoms with Gasteiger partial charge < -0.3 is 10.5 Å². The third-order valence-electron chi connectivity index (χ3n) is 4.49. The Morgan fingerprint density at radius 1 is 1.29 bits per heavy atom. The van der Waals surface area contributed by atoms with Gasteiger partial charge in [-0.2, -0.15) is 0 Å². The minimum Gasteiger partial charge on any atom is -0.492 e. The van der Waals surface area contributed by atoms with Gasteiger partial charge in [-0.1, -0.05) is 32.9 Å². The highest BCUT2D eigenvalue weighted by Gasteiger charge is 2.25. The van der Waals surface area contributed by atoms with Gasteiger partial charge in [-0.05, 0) is 55.5 Å². The van der Waals surface area contributed by atoms with Gasteiger partial charge in [0, 0.05) is 12.6 Å². The molecule has 0 bridgehead atoms. The molecule has 1 aromatic rings. The van der Waals surface area contributed by atoms with Gasteiger partial charge in [-0.15, -0.1) is 0 Å². The molecule has 2 rings (SSSR count). The van der Waals surface area contributed by atoms with E-state index in [0.717, 1.165) is 32.0 Å². The number of benzene rings is 1. The first-order valence-corrected chi connectivity index (χ1v) is 8.07. The lowest BCUT2D eigenvalue weighted by Crippen LogP contribution is -2.36. The molecule has 118 valence electrons. The summed E-state index contributed by atoms with van der Waals surface area (Å²) in [6.45, 7) is 12.7. The molecule has 1 aliphatic heterocycles. The molecule has 3 nitrogen and oxygen atoms in total. The van der Waals surface area contributed by atoms with E-state index < -0.39 is 0 Å². The molecule has 0 aliphatic carbocycles. The summed E-state index contributed by atoms with van der Waals surface area (Å²) in [4.78, 5) is 2.49. The molecule has 21 heavy (non-hydrogen) atoms. The van der Waals surface area contributed by atoms with Crippen molar-refractivity contribution in [3.8, 4) is 5.75 Å². The van der Waals surface area contributed by atoms with Crippen molar-refractivity contribution in [3.05, 3.63) is 29.8 Å². The summed E-state index contributed by atoms with van der Waals surface area (Å²) in [5.41, 5.74) is 7.29. The van der Waals surface area contributed by atoms with E-state index in [1.807, 2.05) is 0 Å². The Kier molecular flexibility index (Phi) is 5.28. The van der Waals surface area contributed by atoms with Crippen LogP contribution in [0.1, 0.15) is 39.7 Å². The fourth-order valence-corrected chi connectivity index (χ4v) is 2.83. The minimum atomic E-state index is 0.193. The van der Waals surface area contributed by atoms with Crippen LogP contribution in [0.4, 0.5) is 0 Å². The summed E-state index contributed by atoms with van der Waals surface area (Å²) in [6.07, 6.45) is 1.22. The minimum absolute atomic E-state index is 0.193. The van der Waals surface area contributed by atoms with Crippen molar-refractivity contribution in [1.29, 1.82) is 0 Å². The molecule has 2 unspecified atom stereocenters. The van der Waals surface area contributed by atoms with E-state index in [-0.39, 0.29) is 5.41 Å². The van der Waals surface area contributed by atoms with Gasteiger partial charge in [0.15, 0.2) is 0 Å². The van der Waals surface area contributed by atoms with E-state index in [0.29, 0.717) is 12.0 Å². The van der Waals surface area contributed by atoms with Crippen molar-refractivity contribution < 1.29 is 4.74 Å². The number of hydrogen-bond acceptors (Lipinski definition) is 3. The second-order valence-corrected chi connectivity index (χ2v) is 7.32. The molecular weight excluding hydrogens is 260 g/mol. The van der Waals surface area contributed by atoms with Crippen LogP contribution in [0.2, 0.25) is 0 Å². The first-order valence-electron chi connectivity index (χ1n) is 8.07. The Morgan fingerprint density at radius 2 is 1.95 bits per heavy atom. The SMILES string of the molecule is CC(COc1ccc(C(C)(C)C)cc1)N1CCC(CN)C1. The van der Waals surface area contributed by atoms with Crippen LogP contribution in [0, 0.1) is 5.92 Å². The summed E-state index contributed by atoms with van der Waals surface area (Å²) in [5.74, 6) is 1.63. The fourth-order valence-electron chi connectivity index (χ4n) is 2.83. The molecule has 0 spiro atoms. The van der Waals surface area contributed by atoms with Crippen LogP contribution in [0.15, 0.2) is 24.3 Å². The highest BCUT2D eigenvalue weighted by Crippen LogP contribution is 2.24. The molecule has 0 aromatic heterocycles. The van der Waals surface area contributed by atoms with Gasteiger partial charge in [0.2, 0.25) is 0 Å². The average molecular weight is 290 g/mol. The first-order chi connectivity index (χ1) is 9.90. The fraction of sp³-hybridized carbons (Fsp3) is 0.667. The molecule has 0 radical (unpaired) electrons. The number of nitrogens with zero attached hydrogens (tertiary/aromatic N) is 1. The van der Waals surface area contributed by atoms with E-state index in [2.05, 4.69) is 56.9 Å². The molecule has 2 atom stereocenters. The topological polar surface area (TPSA) is 38.5 Å². The Labute approximate surface area is 129 Å². The maximum absolute atomic E-state index is 5.94. The number of nitrogens with two attached hydrogens (primary N) is 1. The average Bonchev–Trinajstić information content (AvgIpc) is 2.93. The molecule has 1 aliphatic rings. The predicted octanol–water partition coefficient (Wildman–Crippen LogP) is 3.03. The second-order valence-electron chi connectivity index (χ2n) is 7.32. The third-order valence-corrected chi connectivity index (χ3v) is 4.49. The Balaban J connectivity index is 1.83. The summed E-state index contributed by atoms with van der Waals surface area (Å²) >= 11 is 0. The highest BCUT2D eigenvalue weighted by molar-refractivity contribution is 5.31. The van der Waals surface area contributed by atoms with Crippen LogP contribution in [0.5, 0.6) is 5.75 Å². The molecule has 1 aromatic carbocycles. The molecule has 0 saturated carbocycles. The van der Waals surface area contributed by atoms with Gasteiger partial charge >= 0.3 is 0 Å². The maximum Gasteiger partial charge on any atom is 0.119 e. The Bertz CT molecular complexity index is 436. The van der Waals surface area contributed by atoms with Crippen LogP contribution in [0.25, 0.3) is 0 Å². The van der Waals surface area contributed by atoms with Gasteiger partial charge in [0.05, 0.1) is 0 Å². The van der Waals surface area contributed by atoms with Crippen molar-refractivity contribution in [3.63, 3.8) is 0 Å². The summed E-state index contributed by atoms with van der Waals surface area (Å²) in [5, 5.41) is 0. The van der Waals surface area contributed by atoms with Crippen LogP contribution >= 0.6 is 0 Å². The smallest absolute Gasteiger partial charge is 0.119 e. The van der Waals surface area contributed by atoms with Crippen molar-refractivity contribution in [2.24, 2.45) is 11.7 Å². The normalized spacial score (nSPS) is 21.5. The van der Waals surface area contributed by atoms with Crippen molar-refractivity contribution in [2.45, 2.75) is 45.6 Å². The number of likely N-dealkylation sites (tertiary alicyclic amines) is 1. The molecule has 0 amide bonds. The zero-order valence-electron chi connectivity index (χ0n) is 13.9. The number of hydrogen-bond donors (Lipinski definition) is 1. The van der Waals surface area contributed by atoms with E-state index in [4.69, 9.17) is 10.5 Å². The second kappa shape index (κ2) is 6.80. The lowest BCUT2D eigenvalue weighted by molar-refractivity contribution is 0.168. The number of rotatable bonds is 5. The van der Waals surface area contributed by atoms with E-state index in [1.165, 1.54) is 12.0 Å². The van der Waals surface area contributed by atoms with E-state index in [1.54, 1.807) is 0 Å². The molecule has 1 fully saturated rings. The maximum atomic E-state index is 5.94. The van der Waals surface area contributed by atoms with E-state index >= 15 is 0 Å². The van der Waals surface area contributed by atoms with Crippen molar-refractivity contribution in [2.75, 3.05) is 26.2 Å². The van der Waals surface area contributed by atoms with Crippen LogP contribution < -0.4 is 10.5 Å². The van der Waals surface area contributed by atoms with Crippen LogP contribution in [-0.4, -0.2) is 37.2 Å². The Morgan fingerprint density at radius 3 is 2.48 bits per heavy atom. The molecule has 2 N–H and O–H groups in total. The van der Waals surface area contributed by atoms with Crippen molar-refractivity contribution >= 4 is 0 Å².